The fraction of sp³-hybridized carbons (Fsp3) is 0.417. The number of primary amides is 1. The van der Waals surface area contributed by atoms with Gasteiger partial charge in [-0.25, -0.2) is 4.39 Å². The van der Waals surface area contributed by atoms with E-state index >= 15 is 0 Å². The van der Waals surface area contributed by atoms with E-state index in [1.807, 2.05) is 6.92 Å². The second-order valence-corrected chi connectivity index (χ2v) is 3.77. The molecular weight excluding hydrogens is 223 g/mol. The summed E-state index contributed by atoms with van der Waals surface area (Å²) in [6.07, 6.45) is 0. The molecule has 94 valence electrons. The summed E-state index contributed by atoms with van der Waals surface area (Å²) < 4.78 is 17.8. The van der Waals surface area contributed by atoms with E-state index in [0.717, 1.165) is 11.1 Å². The fourth-order valence-corrected chi connectivity index (χ4v) is 1.40. The molecular formula is C12H17FN2O2. The first-order chi connectivity index (χ1) is 8.09. The van der Waals surface area contributed by atoms with Crippen LogP contribution in [0.15, 0.2) is 18.2 Å². The van der Waals surface area contributed by atoms with Gasteiger partial charge >= 0.3 is 0 Å². The summed E-state index contributed by atoms with van der Waals surface area (Å²) in [5.41, 5.74) is 6.87. The Morgan fingerprint density at radius 1 is 1.53 bits per heavy atom. The molecule has 0 aliphatic rings. The highest BCUT2D eigenvalue weighted by molar-refractivity contribution is 5.74. The van der Waals surface area contributed by atoms with Gasteiger partial charge in [-0.3, -0.25) is 4.79 Å². The molecule has 0 fully saturated rings. The maximum Gasteiger partial charge on any atom is 0.243 e. The van der Waals surface area contributed by atoms with E-state index in [9.17, 15) is 9.18 Å². The predicted octanol–water partition coefficient (Wildman–Crippen LogP) is 0.726. The van der Waals surface area contributed by atoms with Gasteiger partial charge in [0.2, 0.25) is 5.91 Å². The lowest BCUT2D eigenvalue weighted by molar-refractivity contribution is -0.122. The molecule has 0 radical (unpaired) electrons. The second kappa shape index (κ2) is 6.98. The Kier molecular flexibility index (Phi) is 5.59. The zero-order valence-corrected chi connectivity index (χ0v) is 9.83. The number of nitrogens with one attached hydrogen (secondary N) is 1. The van der Waals surface area contributed by atoms with E-state index < -0.39 is 5.91 Å². The minimum atomic E-state index is -0.473. The molecule has 0 spiro atoms. The Bertz CT molecular complexity index is 383. The largest absolute Gasteiger partial charge is 0.370 e. The second-order valence-electron chi connectivity index (χ2n) is 3.77. The van der Waals surface area contributed by atoms with Gasteiger partial charge in [0, 0.05) is 13.1 Å². The fourth-order valence-electron chi connectivity index (χ4n) is 1.40. The van der Waals surface area contributed by atoms with Crippen molar-refractivity contribution in [3.05, 3.63) is 35.1 Å². The third-order valence-corrected chi connectivity index (χ3v) is 2.29. The summed E-state index contributed by atoms with van der Waals surface area (Å²) in [6, 6.07) is 4.69. The highest BCUT2D eigenvalue weighted by Crippen LogP contribution is 2.09. The van der Waals surface area contributed by atoms with E-state index in [0.29, 0.717) is 19.7 Å². The quantitative estimate of drug-likeness (QED) is 0.690. The van der Waals surface area contributed by atoms with Gasteiger partial charge in [0.1, 0.15) is 12.4 Å². The van der Waals surface area contributed by atoms with Crippen LogP contribution in [0.4, 0.5) is 4.39 Å². The number of carbonyl (C=O) groups excluding carboxylic acids is 1. The van der Waals surface area contributed by atoms with Crippen molar-refractivity contribution >= 4 is 5.91 Å². The van der Waals surface area contributed by atoms with Crippen LogP contribution in [0.1, 0.15) is 11.1 Å². The smallest absolute Gasteiger partial charge is 0.243 e. The van der Waals surface area contributed by atoms with Crippen molar-refractivity contribution in [3.8, 4) is 0 Å². The number of hydrogen-bond acceptors (Lipinski definition) is 3. The third-order valence-electron chi connectivity index (χ3n) is 2.29. The normalized spacial score (nSPS) is 10.5. The molecule has 17 heavy (non-hydrogen) atoms. The number of aryl methyl sites for hydroxylation is 1. The van der Waals surface area contributed by atoms with Crippen LogP contribution in [-0.4, -0.2) is 25.7 Å². The lowest BCUT2D eigenvalue weighted by Gasteiger charge is -2.08. The number of carbonyl (C=O) groups is 1. The molecule has 1 aromatic carbocycles. The number of hydrogen-bond donors (Lipinski definition) is 2. The minimum absolute atomic E-state index is 0.0583. The van der Waals surface area contributed by atoms with Crippen molar-refractivity contribution in [2.45, 2.75) is 13.5 Å². The van der Waals surface area contributed by atoms with Gasteiger partial charge in [-0.2, -0.15) is 0 Å². The number of halogens is 1. The molecule has 0 aliphatic heterocycles. The van der Waals surface area contributed by atoms with Crippen LogP contribution in [-0.2, 0) is 16.1 Å². The first kappa shape index (κ1) is 13.6. The number of benzene rings is 1. The van der Waals surface area contributed by atoms with E-state index in [1.165, 1.54) is 12.1 Å². The number of ether oxygens (including phenoxy) is 1. The molecule has 0 bridgehead atoms. The highest BCUT2D eigenvalue weighted by atomic mass is 19.1. The summed E-state index contributed by atoms with van der Waals surface area (Å²) in [6.45, 7) is 3.49. The molecule has 0 aliphatic carbocycles. The van der Waals surface area contributed by atoms with E-state index in [4.69, 9.17) is 10.5 Å². The van der Waals surface area contributed by atoms with Crippen LogP contribution >= 0.6 is 0 Å². The van der Waals surface area contributed by atoms with Crippen LogP contribution in [0, 0.1) is 12.7 Å². The Balaban J connectivity index is 2.20. The average Bonchev–Trinajstić information content (AvgIpc) is 2.25. The lowest BCUT2D eigenvalue weighted by Crippen LogP contribution is -2.24. The number of rotatable bonds is 7. The topological polar surface area (TPSA) is 64.3 Å². The molecule has 1 amide bonds. The standard InChI is InChI=1S/C12H17FN2O2/c1-9-6-11(13)3-2-10(9)7-15-4-5-17-8-12(14)16/h2-3,6,15H,4-5,7-8H2,1H3,(H2,14,16). The van der Waals surface area contributed by atoms with Crippen molar-refractivity contribution < 1.29 is 13.9 Å². The van der Waals surface area contributed by atoms with Gasteiger partial charge in [0.05, 0.1) is 6.61 Å². The minimum Gasteiger partial charge on any atom is -0.370 e. The molecule has 0 atom stereocenters. The first-order valence-electron chi connectivity index (χ1n) is 5.41. The first-order valence-corrected chi connectivity index (χ1v) is 5.41. The Morgan fingerprint density at radius 3 is 2.94 bits per heavy atom. The van der Waals surface area contributed by atoms with Gasteiger partial charge < -0.3 is 15.8 Å². The van der Waals surface area contributed by atoms with Crippen molar-refractivity contribution in [2.75, 3.05) is 19.8 Å². The molecule has 1 rings (SSSR count). The maximum atomic E-state index is 12.8. The third kappa shape index (κ3) is 5.42. The SMILES string of the molecule is Cc1cc(F)ccc1CNCCOCC(N)=O. The lowest BCUT2D eigenvalue weighted by atomic mass is 10.1. The van der Waals surface area contributed by atoms with Crippen LogP contribution in [0.3, 0.4) is 0 Å². The summed E-state index contributed by atoms with van der Waals surface area (Å²) in [5.74, 6) is -0.699. The van der Waals surface area contributed by atoms with Crippen LogP contribution in [0.5, 0.6) is 0 Å². The van der Waals surface area contributed by atoms with Gasteiger partial charge in [0.25, 0.3) is 0 Å². The number of amides is 1. The average molecular weight is 240 g/mol. The summed E-state index contributed by atoms with van der Waals surface area (Å²) in [7, 11) is 0. The van der Waals surface area contributed by atoms with Crippen LogP contribution < -0.4 is 11.1 Å². The molecule has 1 aromatic rings. The molecule has 0 heterocycles. The van der Waals surface area contributed by atoms with E-state index in [2.05, 4.69) is 5.32 Å². The molecule has 4 nitrogen and oxygen atoms in total. The Hall–Kier alpha value is -1.46. The Morgan fingerprint density at radius 2 is 2.29 bits per heavy atom. The summed E-state index contributed by atoms with van der Waals surface area (Å²) in [5, 5.41) is 3.14. The van der Waals surface area contributed by atoms with Gasteiger partial charge in [-0.1, -0.05) is 6.07 Å². The van der Waals surface area contributed by atoms with Gasteiger partial charge in [-0.15, -0.1) is 0 Å². The van der Waals surface area contributed by atoms with Gasteiger partial charge in [-0.05, 0) is 30.2 Å². The molecule has 5 heteroatoms. The zero-order valence-electron chi connectivity index (χ0n) is 9.83. The molecule has 0 unspecified atom stereocenters. The van der Waals surface area contributed by atoms with Crippen molar-refractivity contribution in [1.82, 2.24) is 5.32 Å². The number of nitrogens with two attached hydrogens (primary N) is 1. The van der Waals surface area contributed by atoms with Gasteiger partial charge in [0.15, 0.2) is 0 Å². The predicted molar refractivity (Wildman–Crippen MR) is 62.9 cm³/mol. The highest BCUT2D eigenvalue weighted by Gasteiger charge is 1.99. The van der Waals surface area contributed by atoms with Crippen molar-refractivity contribution in [2.24, 2.45) is 5.73 Å². The molecule has 3 N–H and O–H groups in total. The summed E-state index contributed by atoms with van der Waals surface area (Å²) >= 11 is 0. The van der Waals surface area contributed by atoms with Crippen LogP contribution in [0.25, 0.3) is 0 Å². The van der Waals surface area contributed by atoms with Crippen molar-refractivity contribution in [3.63, 3.8) is 0 Å². The maximum absolute atomic E-state index is 12.8. The van der Waals surface area contributed by atoms with Crippen molar-refractivity contribution in [1.29, 1.82) is 0 Å². The summed E-state index contributed by atoms with van der Waals surface area (Å²) in [4.78, 5) is 10.4. The zero-order chi connectivity index (χ0) is 12.7. The Labute approximate surface area is 100.0 Å². The van der Waals surface area contributed by atoms with Crippen LogP contribution in [0.2, 0.25) is 0 Å². The van der Waals surface area contributed by atoms with E-state index in [-0.39, 0.29) is 12.4 Å². The van der Waals surface area contributed by atoms with E-state index in [1.54, 1.807) is 6.07 Å². The monoisotopic (exact) mass is 240 g/mol. The molecule has 0 saturated heterocycles. The molecule has 0 aromatic heterocycles. The molecule has 0 saturated carbocycles.